The second-order valence-electron chi connectivity index (χ2n) is 9.47. The Kier molecular flexibility index (Phi) is 11.9. The van der Waals surface area contributed by atoms with Crippen LogP contribution in [-0.4, -0.2) is 36.2 Å². The zero-order valence-corrected chi connectivity index (χ0v) is 20.8. The van der Waals surface area contributed by atoms with Gasteiger partial charge in [0.1, 0.15) is 0 Å². The minimum Gasteiger partial charge on any atom is -0.480 e. The number of halogens is 2. The van der Waals surface area contributed by atoms with E-state index in [-0.39, 0.29) is 25.5 Å². The molecular formula is C27H41F2NO4. The molecule has 0 amide bonds. The Morgan fingerprint density at radius 1 is 0.971 bits per heavy atom. The fraction of sp³-hybridized carbons (Fsp3) is 0.704. The van der Waals surface area contributed by atoms with Crippen LogP contribution < -0.4 is 5.32 Å². The van der Waals surface area contributed by atoms with Gasteiger partial charge in [0.15, 0.2) is 17.0 Å². The van der Waals surface area contributed by atoms with E-state index in [1.54, 1.807) is 19.1 Å². The van der Waals surface area contributed by atoms with Crippen LogP contribution in [0.25, 0.3) is 0 Å². The van der Waals surface area contributed by atoms with Gasteiger partial charge in [-0.2, -0.15) is 0 Å². The number of unbranched alkanes of at least 4 members (excludes halogenated alkanes) is 6. The third kappa shape index (κ3) is 7.76. The maximum Gasteiger partial charge on any atom is 0.323 e. The molecule has 2 rings (SSSR count). The van der Waals surface area contributed by atoms with Crippen LogP contribution in [0.5, 0.6) is 0 Å². The first-order valence-corrected chi connectivity index (χ1v) is 13.0. The lowest BCUT2D eigenvalue weighted by molar-refractivity contribution is -0.171. The fourth-order valence-electron chi connectivity index (χ4n) is 4.79. The van der Waals surface area contributed by atoms with Gasteiger partial charge >= 0.3 is 11.9 Å². The van der Waals surface area contributed by atoms with Crippen molar-refractivity contribution in [3.05, 3.63) is 34.9 Å². The van der Waals surface area contributed by atoms with E-state index >= 15 is 0 Å². The molecule has 1 aromatic carbocycles. The van der Waals surface area contributed by atoms with Crippen LogP contribution in [0.2, 0.25) is 0 Å². The molecule has 5 nitrogen and oxygen atoms in total. The summed E-state index contributed by atoms with van der Waals surface area (Å²) in [5.74, 6) is -3.31. The highest BCUT2D eigenvalue weighted by atomic mass is 19.2. The Bertz CT molecular complexity index is 791. The summed E-state index contributed by atoms with van der Waals surface area (Å²) in [6, 6.07) is 3.41. The van der Waals surface area contributed by atoms with E-state index in [1.807, 2.05) is 0 Å². The lowest BCUT2D eigenvalue weighted by Crippen LogP contribution is -2.47. The number of ether oxygens (including phenoxy) is 1. The number of rotatable bonds is 15. The van der Waals surface area contributed by atoms with E-state index in [4.69, 9.17) is 4.74 Å². The van der Waals surface area contributed by atoms with Gasteiger partial charge in [-0.25, -0.2) is 8.78 Å². The maximum absolute atomic E-state index is 14.6. The summed E-state index contributed by atoms with van der Waals surface area (Å²) in [5.41, 5.74) is -0.691. The number of carboxylic acid groups (broad SMARTS) is 1. The molecule has 1 aliphatic carbocycles. The summed E-state index contributed by atoms with van der Waals surface area (Å²) in [6.07, 6.45) is 10.3. The van der Waals surface area contributed by atoms with Gasteiger partial charge in [0.2, 0.25) is 0 Å². The molecule has 0 radical (unpaired) electrons. The molecule has 7 heteroatoms. The van der Waals surface area contributed by atoms with Crippen molar-refractivity contribution in [1.29, 1.82) is 0 Å². The number of carbonyl (C=O) groups is 2. The minimum absolute atomic E-state index is 0.0337. The van der Waals surface area contributed by atoms with Crippen molar-refractivity contribution in [2.75, 3.05) is 13.2 Å². The molecule has 0 aromatic heterocycles. The lowest BCUT2D eigenvalue weighted by Gasteiger charge is -2.35. The Labute approximate surface area is 202 Å². The summed E-state index contributed by atoms with van der Waals surface area (Å²) in [5, 5.41) is 12.9. The first kappa shape index (κ1) is 28.2. The maximum atomic E-state index is 14.6. The van der Waals surface area contributed by atoms with Crippen molar-refractivity contribution in [3.63, 3.8) is 0 Å². The number of hydrogen-bond acceptors (Lipinski definition) is 4. The Hall–Kier alpha value is -2.02. The molecule has 2 N–H and O–H groups in total. The van der Waals surface area contributed by atoms with Crippen LogP contribution in [0.1, 0.15) is 95.6 Å². The number of hydrogen-bond donors (Lipinski definition) is 2. The topological polar surface area (TPSA) is 75.6 Å². The normalized spacial score (nSPS) is 20.3. The van der Waals surface area contributed by atoms with Gasteiger partial charge in [0.05, 0.1) is 6.61 Å². The van der Waals surface area contributed by atoms with E-state index in [1.165, 1.54) is 25.7 Å². The van der Waals surface area contributed by atoms with Crippen LogP contribution in [0.15, 0.2) is 12.1 Å². The van der Waals surface area contributed by atoms with Gasteiger partial charge in [-0.05, 0) is 69.5 Å². The second-order valence-corrected chi connectivity index (χ2v) is 9.47. The van der Waals surface area contributed by atoms with Crippen molar-refractivity contribution >= 4 is 11.9 Å². The predicted octanol–water partition coefficient (Wildman–Crippen LogP) is 5.97. The van der Waals surface area contributed by atoms with E-state index in [0.29, 0.717) is 43.4 Å². The molecule has 192 valence electrons. The van der Waals surface area contributed by atoms with Gasteiger partial charge in [0, 0.05) is 6.04 Å². The summed E-state index contributed by atoms with van der Waals surface area (Å²) in [6.45, 7) is 4.45. The Morgan fingerprint density at radius 3 is 2.09 bits per heavy atom. The molecule has 0 bridgehead atoms. The predicted molar refractivity (Wildman–Crippen MR) is 129 cm³/mol. The average Bonchev–Trinajstić information content (AvgIpc) is 2.82. The molecule has 0 saturated heterocycles. The molecule has 1 aliphatic rings. The first-order valence-electron chi connectivity index (χ1n) is 13.0. The van der Waals surface area contributed by atoms with Crippen molar-refractivity contribution in [1.82, 2.24) is 5.32 Å². The fourth-order valence-corrected chi connectivity index (χ4v) is 4.79. The van der Waals surface area contributed by atoms with E-state index in [0.717, 1.165) is 19.3 Å². The molecule has 0 aliphatic heterocycles. The number of esters is 1. The quantitative estimate of drug-likeness (QED) is 0.183. The van der Waals surface area contributed by atoms with Gasteiger partial charge in [0.25, 0.3) is 0 Å². The number of carboxylic acids is 1. The van der Waals surface area contributed by atoms with Crippen LogP contribution >= 0.6 is 0 Å². The highest BCUT2D eigenvalue weighted by molar-refractivity contribution is 5.99. The van der Waals surface area contributed by atoms with Crippen molar-refractivity contribution in [2.24, 2.45) is 5.41 Å². The largest absolute Gasteiger partial charge is 0.480 e. The molecule has 1 saturated carbocycles. The number of aliphatic carboxylic acids is 1. The van der Waals surface area contributed by atoms with Gasteiger partial charge < -0.3 is 15.2 Å². The minimum atomic E-state index is -1.48. The van der Waals surface area contributed by atoms with Crippen molar-refractivity contribution in [3.8, 4) is 0 Å². The van der Waals surface area contributed by atoms with E-state index < -0.39 is 29.0 Å². The number of benzene rings is 1. The molecule has 34 heavy (non-hydrogen) atoms. The zero-order valence-electron chi connectivity index (χ0n) is 20.8. The average molecular weight is 482 g/mol. The molecule has 0 heterocycles. The SMILES string of the molecule is CCCCCCCCCc1ccc(CCNC2CCC(C(=O)O)(C(=O)OCC)CC2)c(F)c1F. The summed E-state index contributed by atoms with van der Waals surface area (Å²) >= 11 is 0. The van der Waals surface area contributed by atoms with Crippen LogP contribution in [0.3, 0.4) is 0 Å². The zero-order chi connectivity index (χ0) is 25.0. The summed E-state index contributed by atoms with van der Waals surface area (Å²) < 4.78 is 34.1. The van der Waals surface area contributed by atoms with Crippen LogP contribution in [-0.2, 0) is 27.2 Å². The molecular weight excluding hydrogens is 440 g/mol. The molecule has 0 unspecified atom stereocenters. The van der Waals surface area contributed by atoms with E-state index in [2.05, 4.69) is 12.2 Å². The van der Waals surface area contributed by atoms with Crippen molar-refractivity contribution in [2.45, 2.75) is 103 Å². The number of aryl methyl sites for hydroxylation is 1. The molecule has 0 atom stereocenters. The van der Waals surface area contributed by atoms with Crippen LogP contribution in [0, 0.1) is 17.0 Å². The highest BCUT2D eigenvalue weighted by Gasteiger charge is 2.49. The highest BCUT2D eigenvalue weighted by Crippen LogP contribution is 2.38. The standard InChI is InChI=1S/C27H41F2NO4/c1-3-5-6-7-8-9-10-11-20-12-13-21(24(29)23(20)28)16-19-30-22-14-17-27(18-15-22,25(31)32)26(33)34-4-2/h12-13,22,30H,3-11,14-19H2,1-2H3,(H,31,32). The third-order valence-electron chi connectivity index (χ3n) is 7.03. The second kappa shape index (κ2) is 14.4. The molecule has 1 fully saturated rings. The number of nitrogens with one attached hydrogen (secondary N) is 1. The van der Waals surface area contributed by atoms with Crippen molar-refractivity contribution < 1.29 is 28.2 Å². The smallest absolute Gasteiger partial charge is 0.323 e. The van der Waals surface area contributed by atoms with Gasteiger partial charge in [-0.3, -0.25) is 9.59 Å². The monoisotopic (exact) mass is 481 g/mol. The Balaban J connectivity index is 1.77. The third-order valence-corrected chi connectivity index (χ3v) is 7.03. The summed E-state index contributed by atoms with van der Waals surface area (Å²) in [7, 11) is 0. The lowest BCUT2D eigenvalue weighted by atomic mass is 9.72. The van der Waals surface area contributed by atoms with E-state index in [9.17, 15) is 23.5 Å². The summed E-state index contributed by atoms with van der Waals surface area (Å²) in [4.78, 5) is 23.9. The van der Waals surface area contributed by atoms with Crippen LogP contribution in [0.4, 0.5) is 8.78 Å². The number of carbonyl (C=O) groups excluding carboxylic acids is 1. The molecule has 0 spiro atoms. The van der Waals surface area contributed by atoms with Gasteiger partial charge in [-0.15, -0.1) is 0 Å². The van der Waals surface area contributed by atoms with Gasteiger partial charge in [-0.1, -0.05) is 57.6 Å². The molecule has 1 aromatic rings. The Morgan fingerprint density at radius 2 is 1.53 bits per heavy atom. The first-order chi connectivity index (χ1) is 16.4.